The molecule has 0 amide bonds. The number of carboxylic acid groups (broad SMARTS) is 1. The molecule has 1 N–H and O–H groups in total. The molecule has 2 aromatic rings. The Morgan fingerprint density at radius 3 is 2.69 bits per heavy atom. The second-order valence-electron chi connectivity index (χ2n) is 2.85. The largest absolute Gasteiger partial charge is 0.511 e. The van der Waals surface area contributed by atoms with Gasteiger partial charge in [0.05, 0.1) is 6.20 Å². The van der Waals surface area contributed by atoms with Crippen molar-refractivity contribution in [2.75, 3.05) is 0 Å². The first-order valence-electron chi connectivity index (χ1n) is 4.39. The van der Waals surface area contributed by atoms with E-state index in [1.165, 1.54) is 18.5 Å². The van der Waals surface area contributed by atoms with Crippen LogP contribution in [0.25, 0.3) is 11.4 Å². The smallest absolute Gasteiger partial charge is 0.449 e. The van der Waals surface area contributed by atoms with Gasteiger partial charge in [0.25, 0.3) is 0 Å². The number of carbonyl (C=O) groups is 1. The van der Waals surface area contributed by atoms with Gasteiger partial charge in [-0.2, -0.15) is 0 Å². The van der Waals surface area contributed by atoms with E-state index in [1.54, 1.807) is 18.5 Å². The minimum absolute atomic E-state index is 0.137. The summed E-state index contributed by atoms with van der Waals surface area (Å²) in [5.41, 5.74) is 0.597. The summed E-state index contributed by atoms with van der Waals surface area (Å²) in [6.45, 7) is 0. The molecule has 0 fully saturated rings. The van der Waals surface area contributed by atoms with Crippen LogP contribution in [0.4, 0.5) is 4.79 Å². The molecule has 2 heterocycles. The number of hydrogen-bond donors (Lipinski definition) is 1. The van der Waals surface area contributed by atoms with Gasteiger partial charge < -0.3 is 9.84 Å². The summed E-state index contributed by atoms with van der Waals surface area (Å²) < 4.78 is 4.47. The van der Waals surface area contributed by atoms with E-state index < -0.39 is 6.16 Å². The molecule has 0 saturated carbocycles. The van der Waals surface area contributed by atoms with Crippen molar-refractivity contribution in [1.82, 2.24) is 15.0 Å². The lowest BCUT2D eigenvalue weighted by atomic mass is 10.2. The highest BCUT2D eigenvalue weighted by Crippen LogP contribution is 2.18. The maximum absolute atomic E-state index is 10.3. The molecule has 0 radical (unpaired) electrons. The van der Waals surface area contributed by atoms with Crippen LogP contribution in [0, 0.1) is 0 Å². The molecule has 2 aromatic heterocycles. The summed E-state index contributed by atoms with van der Waals surface area (Å²) in [6.07, 6.45) is 4.64. The Morgan fingerprint density at radius 2 is 2.00 bits per heavy atom. The molecule has 0 bridgehead atoms. The molecule has 16 heavy (non-hydrogen) atoms. The van der Waals surface area contributed by atoms with Crippen molar-refractivity contribution in [2.45, 2.75) is 0 Å². The molecule has 0 aliphatic heterocycles. The van der Waals surface area contributed by atoms with Crippen LogP contribution in [0.2, 0.25) is 0 Å². The van der Waals surface area contributed by atoms with Crippen LogP contribution in [0.1, 0.15) is 0 Å². The Bertz CT molecular complexity index is 502. The first-order chi connectivity index (χ1) is 7.75. The molecule has 80 valence electrons. The Labute approximate surface area is 90.6 Å². The lowest BCUT2D eigenvalue weighted by Crippen LogP contribution is -2.03. The van der Waals surface area contributed by atoms with E-state index in [0.717, 1.165) is 0 Å². The summed E-state index contributed by atoms with van der Waals surface area (Å²) in [7, 11) is 0. The van der Waals surface area contributed by atoms with Gasteiger partial charge in [-0.3, -0.25) is 4.98 Å². The van der Waals surface area contributed by atoms with E-state index in [1.807, 2.05) is 0 Å². The fraction of sp³-hybridized carbons (Fsp3) is 0. The highest BCUT2D eigenvalue weighted by atomic mass is 16.7. The van der Waals surface area contributed by atoms with Crippen LogP contribution in [0.5, 0.6) is 5.75 Å². The van der Waals surface area contributed by atoms with Crippen molar-refractivity contribution in [3.8, 4) is 17.1 Å². The minimum atomic E-state index is -1.38. The number of rotatable bonds is 2. The number of pyridine rings is 1. The number of nitrogens with zero attached hydrogens (tertiary/aromatic N) is 3. The summed E-state index contributed by atoms with van der Waals surface area (Å²) in [5, 5.41) is 8.45. The molecule has 0 aliphatic carbocycles. The normalized spacial score (nSPS) is 9.75. The van der Waals surface area contributed by atoms with Crippen LogP contribution in [0.3, 0.4) is 0 Å². The Balaban J connectivity index is 2.33. The van der Waals surface area contributed by atoms with Gasteiger partial charge in [-0.15, -0.1) is 0 Å². The first kappa shape index (κ1) is 10.0. The Hall–Kier alpha value is -2.50. The van der Waals surface area contributed by atoms with Gasteiger partial charge in [0, 0.05) is 24.2 Å². The molecule has 0 aliphatic rings. The second kappa shape index (κ2) is 4.35. The standard InChI is InChI=1S/C10H7N3O3/c14-10(15)16-8-4-7(5-11-6-8)9-12-2-1-3-13-9/h1-6H,(H,14,15). The van der Waals surface area contributed by atoms with E-state index in [-0.39, 0.29) is 5.75 Å². The van der Waals surface area contributed by atoms with Gasteiger partial charge in [0.2, 0.25) is 0 Å². The zero-order chi connectivity index (χ0) is 11.4. The maximum atomic E-state index is 10.3. The van der Waals surface area contributed by atoms with Gasteiger partial charge in [-0.25, -0.2) is 14.8 Å². The number of aromatic nitrogens is 3. The molecule has 6 nitrogen and oxygen atoms in total. The summed E-state index contributed by atoms with van der Waals surface area (Å²) in [6, 6.07) is 3.20. The molecule has 6 heteroatoms. The van der Waals surface area contributed by atoms with Gasteiger partial charge in [0.1, 0.15) is 0 Å². The highest BCUT2D eigenvalue weighted by molar-refractivity contribution is 5.63. The number of ether oxygens (including phenoxy) is 1. The fourth-order valence-electron chi connectivity index (χ4n) is 1.15. The predicted octanol–water partition coefficient (Wildman–Crippen LogP) is 1.60. The minimum Gasteiger partial charge on any atom is -0.449 e. The van der Waals surface area contributed by atoms with Crippen LogP contribution in [-0.4, -0.2) is 26.2 Å². The SMILES string of the molecule is O=C(O)Oc1cncc(-c2ncccn2)c1. The molecule has 0 atom stereocenters. The molecule has 0 spiro atoms. The zero-order valence-corrected chi connectivity index (χ0v) is 8.07. The van der Waals surface area contributed by atoms with Crippen LogP contribution in [-0.2, 0) is 0 Å². The topological polar surface area (TPSA) is 85.2 Å². The second-order valence-corrected chi connectivity index (χ2v) is 2.85. The molecule has 0 unspecified atom stereocenters. The van der Waals surface area contributed by atoms with E-state index in [9.17, 15) is 4.79 Å². The molecule has 0 saturated heterocycles. The average Bonchev–Trinajstić information content (AvgIpc) is 2.30. The van der Waals surface area contributed by atoms with Crippen molar-refractivity contribution in [3.63, 3.8) is 0 Å². The molecular formula is C10H7N3O3. The lowest BCUT2D eigenvalue weighted by Gasteiger charge is -2.01. The van der Waals surface area contributed by atoms with Gasteiger partial charge in [-0.1, -0.05) is 0 Å². The molecule has 0 aromatic carbocycles. The summed E-state index contributed by atoms with van der Waals surface area (Å²) in [5.74, 6) is 0.600. The van der Waals surface area contributed by atoms with E-state index in [0.29, 0.717) is 11.4 Å². The fourth-order valence-corrected chi connectivity index (χ4v) is 1.15. The lowest BCUT2D eigenvalue weighted by molar-refractivity contribution is 0.144. The van der Waals surface area contributed by atoms with Crippen LogP contribution >= 0.6 is 0 Å². The third kappa shape index (κ3) is 2.30. The van der Waals surface area contributed by atoms with E-state index in [2.05, 4.69) is 19.7 Å². The van der Waals surface area contributed by atoms with Gasteiger partial charge in [-0.05, 0) is 12.1 Å². The van der Waals surface area contributed by atoms with Crippen molar-refractivity contribution in [1.29, 1.82) is 0 Å². The van der Waals surface area contributed by atoms with E-state index >= 15 is 0 Å². The van der Waals surface area contributed by atoms with Crippen molar-refractivity contribution < 1.29 is 14.6 Å². The maximum Gasteiger partial charge on any atom is 0.511 e. The first-order valence-corrected chi connectivity index (χ1v) is 4.39. The quantitative estimate of drug-likeness (QED) is 0.769. The Morgan fingerprint density at radius 1 is 1.25 bits per heavy atom. The van der Waals surface area contributed by atoms with Crippen molar-refractivity contribution in [2.24, 2.45) is 0 Å². The monoisotopic (exact) mass is 217 g/mol. The zero-order valence-electron chi connectivity index (χ0n) is 8.07. The average molecular weight is 217 g/mol. The van der Waals surface area contributed by atoms with Gasteiger partial charge in [0.15, 0.2) is 11.6 Å². The van der Waals surface area contributed by atoms with Crippen LogP contribution in [0.15, 0.2) is 36.9 Å². The number of hydrogen-bond acceptors (Lipinski definition) is 5. The van der Waals surface area contributed by atoms with E-state index in [4.69, 9.17) is 5.11 Å². The summed E-state index contributed by atoms with van der Waals surface area (Å²) >= 11 is 0. The third-order valence-corrected chi connectivity index (χ3v) is 1.74. The Kier molecular flexibility index (Phi) is 2.73. The van der Waals surface area contributed by atoms with Crippen LogP contribution < -0.4 is 4.74 Å². The van der Waals surface area contributed by atoms with Crippen molar-refractivity contribution >= 4 is 6.16 Å². The molecular weight excluding hydrogens is 210 g/mol. The predicted molar refractivity (Wildman–Crippen MR) is 53.9 cm³/mol. The van der Waals surface area contributed by atoms with Crippen molar-refractivity contribution in [3.05, 3.63) is 36.9 Å². The highest BCUT2D eigenvalue weighted by Gasteiger charge is 2.05. The molecule has 2 rings (SSSR count). The third-order valence-electron chi connectivity index (χ3n) is 1.74. The summed E-state index contributed by atoms with van der Waals surface area (Å²) in [4.78, 5) is 22.2. The van der Waals surface area contributed by atoms with Gasteiger partial charge >= 0.3 is 6.16 Å².